The SMILES string of the molecule is O=C(O)c1c(Br)cc(F)c(CO)c1F. The number of aromatic carboxylic acids is 1. The van der Waals surface area contributed by atoms with Crippen LogP contribution in [0.1, 0.15) is 15.9 Å². The van der Waals surface area contributed by atoms with Crippen LogP contribution in [-0.4, -0.2) is 16.2 Å². The van der Waals surface area contributed by atoms with Gasteiger partial charge in [-0.2, -0.15) is 0 Å². The maximum Gasteiger partial charge on any atom is 0.339 e. The van der Waals surface area contributed by atoms with Gasteiger partial charge < -0.3 is 10.2 Å². The quantitative estimate of drug-likeness (QED) is 0.860. The van der Waals surface area contributed by atoms with E-state index < -0.39 is 35.3 Å². The molecule has 14 heavy (non-hydrogen) atoms. The van der Waals surface area contributed by atoms with Gasteiger partial charge in [0.25, 0.3) is 0 Å². The summed E-state index contributed by atoms with van der Waals surface area (Å²) >= 11 is 2.72. The molecule has 0 aliphatic carbocycles. The van der Waals surface area contributed by atoms with Gasteiger partial charge in [-0.1, -0.05) is 0 Å². The molecule has 0 saturated heterocycles. The summed E-state index contributed by atoms with van der Waals surface area (Å²) in [6, 6.07) is 0.804. The van der Waals surface area contributed by atoms with Crippen LogP contribution < -0.4 is 0 Å². The van der Waals surface area contributed by atoms with Crippen molar-refractivity contribution in [2.75, 3.05) is 0 Å². The second kappa shape index (κ2) is 4.02. The van der Waals surface area contributed by atoms with Gasteiger partial charge in [-0.05, 0) is 22.0 Å². The van der Waals surface area contributed by atoms with E-state index in [0.717, 1.165) is 6.07 Å². The Bertz CT molecular complexity index is 393. The molecule has 0 aromatic heterocycles. The summed E-state index contributed by atoms with van der Waals surface area (Å²) in [5, 5.41) is 17.2. The fraction of sp³-hybridized carbons (Fsp3) is 0.125. The first kappa shape index (κ1) is 11.1. The maximum atomic E-state index is 13.2. The molecule has 1 aromatic carbocycles. The lowest BCUT2D eigenvalue weighted by atomic mass is 10.1. The van der Waals surface area contributed by atoms with Gasteiger partial charge in [-0.3, -0.25) is 0 Å². The number of carboxylic acid groups (broad SMARTS) is 1. The molecule has 0 amide bonds. The third kappa shape index (κ3) is 1.76. The molecular weight excluding hydrogens is 262 g/mol. The smallest absolute Gasteiger partial charge is 0.339 e. The Morgan fingerprint density at radius 2 is 2.07 bits per heavy atom. The van der Waals surface area contributed by atoms with Crippen molar-refractivity contribution in [2.24, 2.45) is 0 Å². The van der Waals surface area contributed by atoms with Crippen LogP contribution in [-0.2, 0) is 6.61 Å². The number of benzene rings is 1. The number of carbonyl (C=O) groups is 1. The van der Waals surface area contributed by atoms with E-state index in [1.165, 1.54) is 0 Å². The maximum absolute atomic E-state index is 13.2. The number of aliphatic hydroxyl groups is 1. The molecule has 0 aliphatic rings. The lowest BCUT2D eigenvalue weighted by Crippen LogP contribution is -2.07. The molecule has 1 aromatic rings. The number of halogens is 3. The minimum absolute atomic E-state index is 0.197. The van der Waals surface area contributed by atoms with Crippen molar-refractivity contribution in [1.82, 2.24) is 0 Å². The third-order valence-electron chi connectivity index (χ3n) is 1.64. The van der Waals surface area contributed by atoms with Gasteiger partial charge in [0.1, 0.15) is 17.2 Å². The fourth-order valence-electron chi connectivity index (χ4n) is 0.972. The van der Waals surface area contributed by atoms with E-state index in [4.69, 9.17) is 10.2 Å². The molecule has 0 fully saturated rings. The average molecular weight is 267 g/mol. The molecule has 0 heterocycles. The first-order chi connectivity index (χ1) is 6.49. The molecular formula is C8H5BrF2O3. The fourth-order valence-corrected chi connectivity index (χ4v) is 1.52. The Balaban J connectivity index is 3.52. The Labute approximate surface area is 86.1 Å². The van der Waals surface area contributed by atoms with E-state index in [0.29, 0.717) is 0 Å². The number of hydrogen-bond acceptors (Lipinski definition) is 2. The van der Waals surface area contributed by atoms with Crippen LogP contribution in [0.5, 0.6) is 0 Å². The van der Waals surface area contributed by atoms with E-state index in [-0.39, 0.29) is 4.47 Å². The lowest BCUT2D eigenvalue weighted by Gasteiger charge is -2.06. The number of rotatable bonds is 2. The second-order valence-electron chi connectivity index (χ2n) is 2.47. The van der Waals surface area contributed by atoms with Gasteiger partial charge in [0.2, 0.25) is 0 Å². The predicted octanol–water partition coefficient (Wildman–Crippen LogP) is 1.92. The molecule has 0 unspecified atom stereocenters. The minimum atomic E-state index is -1.52. The van der Waals surface area contributed by atoms with Crippen molar-refractivity contribution in [1.29, 1.82) is 0 Å². The summed E-state index contributed by atoms with van der Waals surface area (Å²) in [5.41, 5.74) is -1.33. The van der Waals surface area contributed by atoms with Crippen LogP contribution in [0.25, 0.3) is 0 Å². The highest BCUT2D eigenvalue weighted by atomic mass is 79.9. The van der Waals surface area contributed by atoms with Crippen molar-refractivity contribution in [2.45, 2.75) is 6.61 Å². The molecule has 3 nitrogen and oxygen atoms in total. The first-order valence-corrected chi connectivity index (χ1v) is 4.28. The predicted molar refractivity (Wildman–Crippen MR) is 46.9 cm³/mol. The summed E-state index contributed by atoms with van der Waals surface area (Å²) in [5.74, 6) is -3.77. The van der Waals surface area contributed by atoms with Gasteiger partial charge in [0.15, 0.2) is 0 Å². The molecule has 0 atom stereocenters. The summed E-state index contributed by atoms with van der Waals surface area (Å²) in [4.78, 5) is 10.5. The van der Waals surface area contributed by atoms with Gasteiger partial charge in [-0.25, -0.2) is 13.6 Å². The van der Waals surface area contributed by atoms with Gasteiger partial charge in [-0.15, -0.1) is 0 Å². The van der Waals surface area contributed by atoms with Crippen LogP contribution in [0.3, 0.4) is 0 Å². The van der Waals surface area contributed by atoms with Crippen molar-refractivity contribution < 1.29 is 23.8 Å². The molecule has 0 spiro atoms. The second-order valence-corrected chi connectivity index (χ2v) is 3.33. The van der Waals surface area contributed by atoms with Crippen molar-refractivity contribution in [3.63, 3.8) is 0 Å². The van der Waals surface area contributed by atoms with Crippen molar-refractivity contribution in [3.05, 3.63) is 33.3 Å². The lowest BCUT2D eigenvalue weighted by molar-refractivity contribution is 0.0690. The molecule has 76 valence electrons. The first-order valence-electron chi connectivity index (χ1n) is 3.49. The molecule has 0 aliphatic heterocycles. The number of carboxylic acids is 1. The third-order valence-corrected chi connectivity index (χ3v) is 2.26. The van der Waals surface area contributed by atoms with Crippen molar-refractivity contribution >= 4 is 21.9 Å². The summed E-state index contributed by atoms with van der Waals surface area (Å²) in [7, 11) is 0. The average Bonchev–Trinajstić information content (AvgIpc) is 2.02. The minimum Gasteiger partial charge on any atom is -0.478 e. The highest BCUT2D eigenvalue weighted by Gasteiger charge is 2.21. The number of hydrogen-bond donors (Lipinski definition) is 2. The number of aliphatic hydroxyl groups excluding tert-OH is 1. The van der Waals surface area contributed by atoms with Crippen LogP contribution in [0.2, 0.25) is 0 Å². The van der Waals surface area contributed by atoms with E-state index in [1.54, 1.807) is 0 Å². The van der Waals surface area contributed by atoms with Gasteiger partial charge >= 0.3 is 5.97 Å². The van der Waals surface area contributed by atoms with E-state index in [1.807, 2.05) is 0 Å². The van der Waals surface area contributed by atoms with Gasteiger partial charge in [0.05, 0.1) is 6.61 Å². The van der Waals surface area contributed by atoms with Crippen molar-refractivity contribution in [3.8, 4) is 0 Å². The Morgan fingerprint density at radius 3 is 2.50 bits per heavy atom. The highest BCUT2D eigenvalue weighted by molar-refractivity contribution is 9.10. The standard InChI is InChI=1S/C8H5BrF2O3/c9-4-1-5(10)3(2-12)7(11)6(4)8(13)14/h1,12H,2H2,(H,13,14). The summed E-state index contributed by atoms with van der Waals surface area (Å²) < 4.78 is 26.0. The zero-order chi connectivity index (χ0) is 10.9. The van der Waals surface area contributed by atoms with Crippen LogP contribution in [0.4, 0.5) is 8.78 Å². The summed E-state index contributed by atoms with van der Waals surface area (Å²) in [6.07, 6.45) is 0. The Hall–Kier alpha value is -1.01. The Kier molecular flexibility index (Phi) is 3.17. The van der Waals surface area contributed by atoms with E-state index in [2.05, 4.69) is 15.9 Å². The van der Waals surface area contributed by atoms with Crippen LogP contribution in [0.15, 0.2) is 10.5 Å². The molecule has 6 heteroatoms. The topological polar surface area (TPSA) is 57.5 Å². The molecule has 2 N–H and O–H groups in total. The molecule has 0 radical (unpaired) electrons. The monoisotopic (exact) mass is 266 g/mol. The normalized spacial score (nSPS) is 10.3. The molecule has 0 bridgehead atoms. The largest absolute Gasteiger partial charge is 0.478 e. The molecule has 1 rings (SSSR count). The van der Waals surface area contributed by atoms with E-state index in [9.17, 15) is 13.6 Å². The van der Waals surface area contributed by atoms with E-state index >= 15 is 0 Å². The zero-order valence-corrected chi connectivity index (χ0v) is 8.31. The summed E-state index contributed by atoms with van der Waals surface area (Å²) in [6.45, 7) is -0.884. The highest BCUT2D eigenvalue weighted by Crippen LogP contribution is 2.25. The van der Waals surface area contributed by atoms with Crippen LogP contribution >= 0.6 is 15.9 Å². The molecule has 0 saturated carbocycles. The van der Waals surface area contributed by atoms with Gasteiger partial charge in [0, 0.05) is 10.0 Å². The zero-order valence-electron chi connectivity index (χ0n) is 6.72. The Morgan fingerprint density at radius 1 is 1.50 bits per heavy atom. The van der Waals surface area contributed by atoms with Crippen LogP contribution in [0, 0.1) is 11.6 Å².